The Morgan fingerprint density at radius 1 is 1.45 bits per heavy atom. The second-order valence-corrected chi connectivity index (χ2v) is 8.46. The molecule has 1 heterocycles. The van der Waals surface area contributed by atoms with E-state index in [-0.39, 0.29) is 23.6 Å². The summed E-state index contributed by atoms with van der Waals surface area (Å²) in [6.07, 6.45) is 0. The molecule has 2 unspecified atom stereocenters. The third-order valence-electron chi connectivity index (χ3n) is 3.89. The zero-order chi connectivity index (χ0) is 14.9. The summed E-state index contributed by atoms with van der Waals surface area (Å²) in [5.74, 6) is 0.475. The Balaban J connectivity index is 2.24. The minimum Gasteiger partial charge on any atom is -0.367 e. The summed E-state index contributed by atoms with van der Waals surface area (Å²) in [4.78, 5) is 2.17. The van der Waals surface area contributed by atoms with Gasteiger partial charge >= 0.3 is 0 Å². The molecule has 0 aromatic heterocycles. The van der Waals surface area contributed by atoms with Crippen molar-refractivity contribution in [3.63, 3.8) is 0 Å². The number of sulfone groups is 1. The van der Waals surface area contributed by atoms with Crippen LogP contribution >= 0.6 is 15.9 Å². The summed E-state index contributed by atoms with van der Waals surface area (Å²) in [6.45, 7) is 4.64. The number of rotatable bonds is 3. The first-order chi connectivity index (χ1) is 9.34. The van der Waals surface area contributed by atoms with E-state index in [2.05, 4.69) is 51.3 Å². The van der Waals surface area contributed by atoms with Gasteiger partial charge in [0.05, 0.1) is 11.5 Å². The molecule has 6 heteroatoms. The fourth-order valence-electron chi connectivity index (χ4n) is 2.58. The third-order valence-corrected chi connectivity index (χ3v) is 6.37. The number of anilines is 1. The number of nitrogens with one attached hydrogen (secondary N) is 1. The third kappa shape index (κ3) is 3.35. The Morgan fingerprint density at radius 2 is 2.15 bits per heavy atom. The minimum absolute atomic E-state index is 0.0215. The molecule has 1 aliphatic heterocycles. The highest BCUT2D eigenvalue weighted by atomic mass is 79.9. The highest BCUT2D eigenvalue weighted by Gasteiger charge is 2.28. The first-order valence-corrected chi connectivity index (χ1v) is 9.39. The molecule has 1 aromatic rings. The molecule has 0 radical (unpaired) electrons. The molecule has 4 nitrogen and oxygen atoms in total. The molecule has 1 saturated heterocycles. The van der Waals surface area contributed by atoms with Crippen LogP contribution < -0.4 is 10.2 Å². The van der Waals surface area contributed by atoms with Crippen LogP contribution in [0.2, 0.25) is 0 Å². The van der Waals surface area contributed by atoms with Crippen LogP contribution in [0, 0.1) is 0 Å². The molecule has 1 fully saturated rings. The molecule has 20 heavy (non-hydrogen) atoms. The van der Waals surface area contributed by atoms with Gasteiger partial charge in [-0.1, -0.05) is 22.0 Å². The van der Waals surface area contributed by atoms with Crippen LogP contribution in [-0.4, -0.2) is 39.6 Å². The highest BCUT2D eigenvalue weighted by molar-refractivity contribution is 9.10. The lowest BCUT2D eigenvalue weighted by Gasteiger charge is -2.35. The minimum atomic E-state index is -2.87. The van der Waals surface area contributed by atoms with Crippen LogP contribution in [0.25, 0.3) is 0 Å². The lowest BCUT2D eigenvalue weighted by Crippen LogP contribution is -2.47. The van der Waals surface area contributed by atoms with Crippen LogP contribution in [0.5, 0.6) is 0 Å². The normalized spacial score (nSPS) is 23.6. The quantitative estimate of drug-likeness (QED) is 0.898. The van der Waals surface area contributed by atoms with E-state index in [0.717, 1.165) is 10.2 Å². The molecule has 0 spiro atoms. The molecular weight excluding hydrogens is 340 g/mol. The van der Waals surface area contributed by atoms with E-state index < -0.39 is 9.84 Å². The molecule has 2 atom stereocenters. The molecule has 112 valence electrons. The van der Waals surface area contributed by atoms with E-state index in [9.17, 15) is 8.42 Å². The van der Waals surface area contributed by atoms with Gasteiger partial charge in [-0.3, -0.25) is 0 Å². The van der Waals surface area contributed by atoms with Gasteiger partial charge < -0.3 is 10.2 Å². The summed E-state index contributed by atoms with van der Waals surface area (Å²) in [6, 6.07) is 6.54. The fraction of sp³-hybridized carbons (Fsp3) is 0.571. The van der Waals surface area contributed by atoms with Gasteiger partial charge in [-0.15, -0.1) is 0 Å². The second kappa shape index (κ2) is 6.03. The smallest absolute Gasteiger partial charge is 0.154 e. The van der Waals surface area contributed by atoms with Crippen molar-refractivity contribution in [1.82, 2.24) is 5.32 Å². The van der Waals surface area contributed by atoms with Gasteiger partial charge in [-0.05, 0) is 38.6 Å². The molecular formula is C14H21BrN2O2S. The number of halogens is 1. The SMILES string of the molecule is CNC(C)c1ccc(N2CCS(=O)(=O)CC2C)cc1Br. The molecule has 0 aliphatic carbocycles. The zero-order valence-electron chi connectivity index (χ0n) is 12.1. The summed E-state index contributed by atoms with van der Waals surface area (Å²) in [7, 11) is -0.939. The summed E-state index contributed by atoms with van der Waals surface area (Å²) >= 11 is 3.61. The summed E-state index contributed by atoms with van der Waals surface area (Å²) in [5, 5.41) is 3.22. The molecule has 0 saturated carbocycles. The largest absolute Gasteiger partial charge is 0.367 e. The van der Waals surface area contributed by atoms with Crippen molar-refractivity contribution in [1.29, 1.82) is 0 Å². The van der Waals surface area contributed by atoms with Crippen LogP contribution in [0.4, 0.5) is 5.69 Å². The Hall–Kier alpha value is -0.590. The maximum Gasteiger partial charge on any atom is 0.154 e. The predicted octanol–water partition coefficient (Wildman–Crippen LogP) is 2.35. The van der Waals surface area contributed by atoms with E-state index in [4.69, 9.17) is 0 Å². The highest BCUT2D eigenvalue weighted by Crippen LogP contribution is 2.30. The van der Waals surface area contributed by atoms with Crippen molar-refractivity contribution in [2.45, 2.75) is 25.9 Å². The first-order valence-electron chi connectivity index (χ1n) is 6.78. The molecule has 2 rings (SSSR count). The Morgan fingerprint density at radius 3 is 2.70 bits per heavy atom. The maximum absolute atomic E-state index is 11.6. The molecule has 0 amide bonds. The molecule has 0 bridgehead atoms. The van der Waals surface area contributed by atoms with Crippen molar-refractivity contribution in [2.75, 3.05) is 30.0 Å². The fourth-order valence-corrected chi connectivity index (χ4v) is 4.85. The molecule has 1 aromatic carbocycles. The van der Waals surface area contributed by atoms with Crippen molar-refractivity contribution < 1.29 is 8.42 Å². The molecule has 1 N–H and O–H groups in total. The predicted molar refractivity (Wildman–Crippen MR) is 87.1 cm³/mol. The lowest BCUT2D eigenvalue weighted by molar-refractivity contribution is 0.568. The van der Waals surface area contributed by atoms with E-state index in [1.54, 1.807) is 0 Å². The van der Waals surface area contributed by atoms with E-state index in [1.807, 2.05) is 14.0 Å². The number of hydrogen-bond donors (Lipinski definition) is 1. The van der Waals surface area contributed by atoms with Crippen LogP contribution in [0.15, 0.2) is 22.7 Å². The number of hydrogen-bond acceptors (Lipinski definition) is 4. The maximum atomic E-state index is 11.6. The van der Waals surface area contributed by atoms with Crippen LogP contribution in [0.1, 0.15) is 25.5 Å². The Kier molecular flexibility index (Phi) is 4.76. The van der Waals surface area contributed by atoms with Crippen molar-refractivity contribution >= 4 is 31.5 Å². The van der Waals surface area contributed by atoms with Gasteiger partial charge in [0, 0.05) is 28.8 Å². The van der Waals surface area contributed by atoms with Crippen LogP contribution in [-0.2, 0) is 9.84 Å². The zero-order valence-corrected chi connectivity index (χ0v) is 14.5. The number of nitrogens with zero attached hydrogens (tertiary/aromatic N) is 1. The standard InChI is InChI=1S/C14H21BrN2O2S/c1-10-9-20(18,19)7-6-17(10)12-4-5-13(11(2)16-3)14(15)8-12/h4-5,8,10-11,16H,6-7,9H2,1-3H3. The average Bonchev–Trinajstić information content (AvgIpc) is 2.36. The van der Waals surface area contributed by atoms with Gasteiger partial charge in [0.1, 0.15) is 0 Å². The van der Waals surface area contributed by atoms with Gasteiger partial charge in [-0.2, -0.15) is 0 Å². The van der Waals surface area contributed by atoms with E-state index >= 15 is 0 Å². The van der Waals surface area contributed by atoms with Gasteiger partial charge in [0.25, 0.3) is 0 Å². The van der Waals surface area contributed by atoms with Gasteiger partial charge in [-0.25, -0.2) is 8.42 Å². The summed E-state index contributed by atoms with van der Waals surface area (Å²) in [5.41, 5.74) is 2.28. The lowest BCUT2D eigenvalue weighted by atomic mass is 10.1. The van der Waals surface area contributed by atoms with E-state index in [1.165, 1.54) is 5.56 Å². The molecule has 1 aliphatic rings. The summed E-state index contributed by atoms with van der Waals surface area (Å²) < 4.78 is 24.3. The van der Waals surface area contributed by atoms with Crippen molar-refractivity contribution in [2.24, 2.45) is 0 Å². The Bertz CT molecular complexity index is 589. The Labute approximate surface area is 129 Å². The number of benzene rings is 1. The van der Waals surface area contributed by atoms with Crippen molar-refractivity contribution in [3.05, 3.63) is 28.2 Å². The average molecular weight is 361 g/mol. The second-order valence-electron chi connectivity index (χ2n) is 5.37. The van der Waals surface area contributed by atoms with Crippen molar-refractivity contribution in [3.8, 4) is 0 Å². The van der Waals surface area contributed by atoms with Gasteiger partial charge in [0.2, 0.25) is 0 Å². The van der Waals surface area contributed by atoms with Crippen LogP contribution in [0.3, 0.4) is 0 Å². The topological polar surface area (TPSA) is 49.4 Å². The first kappa shape index (κ1) is 15.8. The van der Waals surface area contributed by atoms with E-state index in [0.29, 0.717) is 6.54 Å². The monoisotopic (exact) mass is 360 g/mol. The van der Waals surface area contributed by atoms with Gasteiger partial charge in [0.15, 0.2) is 9.84 Å².